The van der Waals surface area contributed by atoms with Crippen LogP contribution in [-0.4, -0.2) is 25.1 Å². The molecule has 2 unspecified atom stereocenters. The molecule has 0 bridgehead atoms. The summed E-state index contributed by atoms with van der Waals surface area (Å²) >= 11 is 5.97. The van der Waals surface area contributed by atoms with Crippen LogP contribution in [0, 0.1) is 10.1 Å². The minimum Gasteiger partial charge on any atom is -0.346 e. The summed E-state index contributed by atoms with van der Waals surface area (Å²) in [4.78, 5) is 10.7. The van der Waals surface area contributed by atoms with Gasteiger partial charge in [0.05, 0.1) is 17.0 Å². The lowest BCUT2D eigenvalue weighted by atomic mass is 9.93. The Kier molecular flexibility index (Phi) is 3.81. The van der Waals surface area contributed by atoms with Gasteiger partial charge < -0.3 is 5.32 Å². The molecule has 0 spiro atoms. The number of nitro benzene ring substituents is 1. The largest absolute Gasteiger partial charge is 0.346 e. The van der Waals surface area contributed by atoms with Crippen LogP contribution < -0.4 is 5.32 Å². The van der Waals surface area contributed by atoms with E-state index in [2.05, 4.69) is 20.8 Å². The molecule has 25 heavy (non-hydrogen) atoms. The number of aromatic nitrogens is 4. The summed E-state index contributed by atoms with van der Waals surface area (Å²) in [6.07, 6.45) is 0.654. The Morgan fingerprint density at radius 1 is 1.20 bits per heavy atom. The Balaban J connectivity index is 1.73. The van der Waals surface area contributed by atoms with Crippen molar-refractivity contribution in [3.05, 3.63) is 74.8 Å². The number of tetrazole rings is 1. The molecule has 1 N–H and O–H groups in total. The molecule has 126 valence electrons. The number of halogens is 1. The van der Waals surface area contributed by atoms with E-state index in [1.165, 1.54) is 6.07 Å². The molecule has 0 aliphatic carbocycles. The molecule has 8 nitrogen and oxygen atoms in total. The molecule has 0 radical (unpaired) electrons. The van der Waals surface area contributed by atoms with Gasteiger partial charge >= 0.3 is 0 Å². The SMILES string of the molecule is O=[N+]([O-])c1cccc(C2CC(c3ccc(Cl)cc3)Nc3nnnn32)c1. The van der Waals surface area contributed by atoms with Gasteiger partial charge in [0.15, 0.2) is 0 Å². The molecule has 2 atom stereocenters. The lowest BCUT2D eigenvalue weighted by Gasteiger charge is -2.31. The molecular formula is C16H13ClN6O2. The first-order chi connectivity index (χ1) is 12.1. The van der Waals surface area contributed by atoms with Gasteiger partial charge in [-0.1, -0.05) is 41.0 Å². The monoisotopic (exact) mass is 356 g/mol. The molecule has 2 aromatic carbocycles. The molecule has 0 amide bonds. The highest BCUT2D eigenvalue weighted by Crippen LogP contribution is 2.37. The van der Waals surface area contributed by atoms with E-state index in [0.717, 1.165) is 11.1 Å². The second kappa shape index (κ2) is 6.14. The Morgan fingerprint density at radius 3 is 2.76 bits per heavy atom. The molecule has 2 heterocycles. The summed E-state index contributed by atoms with van der Waals surface area (Å²) in [5.74, 6) is 0.530. The fraction of sp³-hybridized carbons (Fsp3) is 0.188. The number of anilines is 1. The van der Waals surface area contributed by atoms with Crippen LogP contribution in [0.4, 0.5) is 11.6 Å². The summed E-state index contributed by atoms with van der Waals surface area (Å²) in [5.41, 5.74) is 1.89. The number of hydrogen-bond acceptors (Lipinski definition) is 6. The van der Waals surface area contributed by atoms with Crippen LogP contribution in [-0.2, 0) is 0 Å². The first kappa shape index (κ1) is 15.5. The quantitative estimate of drug-likeness (QED) is 0.570. The highest BCUT2D eigenvalue weighted by Gasteiger charge is 2.31. The van der Waals surface area contributed by atoms with Crippen molar-refractivity contribution >= 4 is 23.2 Å². The highest BCUT2D eigenvalue weighted by atomic mass is 35.5. The first-order valence-electron chi connectivity index (χ1n) is 7.66. The average Bonchev–Trinajstić information content (AvgIpc) is 3.10. The number of non-ortho nitro benzene ring substituents is 1. The van der Waals surface area contributed by atoms with E-state index in [-0.39, 0.29) is 17.8 Å². The summed E-state index contributed by atoms with van der Waals surface area (Å²) in [5, 5.41) is 26.8. The van der Waals surface area contributed by atoms with Crippen molar-refractivity contribution in [2.24, 2.45) is 0 Å². The minimum absolute atomic E-state index is 0.0278. The van der Waals surface area contributed by atoms with Gasteiger partial charge in [0, 0.05) is 17.2 Å². The number of hydrogen-bond donors (Lipinski definition) is 1. The Hall–Kier alpha value is -3.00. The van der Waals surface area contributed by atoms with Crippen LogP contribution in [0.25, 0.3) is 0 Å². The molecule has 1 aromatic heterocycles. The summed E-state index contributed by atoms with van der Waals surface area (Å²) in [6, 6.07) is 13.9. The molecule has 0 fully saturated rings. The van der Waals surface area contributed by atoms with E-state index < -0.39 is 4.92 Å². The zero-order valence-electron chi connectivity index (χ0n) is 12.9. The zero-order valence-corrected chi connectivity index (χ0v) is 13.7. The molecule has 4 rings (SSSR count). The fourth-order valence-corrected chi connectivity index (χ4v) is 3.20. The van der Waals surface area contributed by atoms with Gasteiger partial charge in [0.2, 0.25) is 5.95 Å². The Labute approximate surface area is 147 Å². The van der Waals surface area contributed by atoms with Crippen LogP contribution in [0.3, 0.4) is 0 Å². The van der Waals surface area contributed by atoms with Crippen molar-refractivity contribution in [1.29, 1.82) is 0 Å². The number of nitrogens with zero attached hydrogens (tertiary/aromatic N) is 5. The third-order valence-corrected chi connectivity index (χ3v) is 4.54. The maximum absolute atomic E-state index is 11.1. The standard InChI is InChI=1S/C16H13ClN6O2/c17-12-6-4-10(5-7-12)14-9-15(22-16(18-14)19-20-21-22)11-2-1-3-13(8-11)23(24)25/h1-8,14-15H,9H2,(H,18,19,21). The number of benzene rings is 2. The molecular weight excluding hydrogens is 344 g/mol. The molecule has 3 aromatic rings. The van der Waals surface area contributed by atoms with Crippen LogP contribution in [0.15, 0.2) is 48.5 Å². The van der Waals surface area contributed by atoms with Crippen molar-refractivity contribution in [3.8, 4) is 0 Å². The maximum atomic E-state index is 11.1. The number of rotatable bonds is 3. The number of fused-ring (bicyclic) bond motifs is 1. The lowest BCUT2D eigenvalue weighted by molar-refractivity contribution is -0.384. The molecule has 0 saturated carbocycles. The normalized spacial score (nSPS) is 19.1. The van der Waals surface area contributed by atoms with E-state index >= 15 is 0 Å². The average molecular weight is 357 g/mol. The van der Waals surface area contributed by atoms with E-state index in [4.69, 9.17) is 11.6 Å². The van der Waals surface area contributed by atoms with Gasteiger partial charge in [-0.05, 0) is 40.1 Å². The van der Waals surface area contributed by atoms with Gasteiger partial charge in [-0.3, -0.25) is 10.1 Å². The van der Waals surface area contributed by atoms with Crippen LogP contribution >= 0.6 is 11.6 Å². The van der Waals surface area contributed by atoms with Crippen molar-refractivity contribution < 1.29 is 4.92 Å². The maximum Gasteiger partial charge on any atom is 0.269 e. The number of nitrogens with one attached hydrogen (secondary N) is 1. The first-order valence-corrected chi connectivity index (χ1v) is 8.04. The van der Waals surface area contributed by atoms with Gasteiger partial charge in [-0.15, -0.1) is 0 Å². The van der Waals surface area contributed by atoms with Crippen LogP contribution in [0.1, 0.15) is 29.6 Å². The summed E-state index contributed by atoms with van der Waals surface area (Å²) in [6.45, 7) is 0. The van der Waals surface area contributed by atoms with E-state index in [0.29, 0.717) is 17.4 Å². The smallest absolute Gasteiger partial charge is 0.269 e. The third kappa shape index (κ3) is 2.91. The van der Waals surface area contributed by atoms with Gasteiger partial charge in [0.25, 0.3) is 5.69 Å². The fourth-order valence-electron chi connectivity index (χ4n) is 3.07. The Bertz CT molecular complexity index is 926. The number of nitro groups is 1. The summed E-state index contributed by atoms with van der Waals surface area (Å²) in [7, 11) is 0. The van der Waals surface area contributed by atoms with Gasteiger partial charge in [-0.2, -0.15) is 0 Å². The van der Waals surface area contributed by atoms with Crippen LogP contribution in [0.5, 0.6) is 0 Å². The predicted molar refractivity (Wildman–Crippen MR) is 91.5 cm³/mol. The minimum atomic E-state index is -0.401. The van der Waals surface area contributed by atoms with E-state index in [1.54, 1.807) is 16.8 Å². The van der Waals surface area contributed by atoms with Crippen molar-refractivity contribution in [3.63, 3.8) is 0 Å². The third-order valence-electron chi connectivity index (χ3n) is 4.29. The lowest BCUT2D eigenvalue weighted by Crippen LogP contribution is -2.28. The molecule has 1 aliphatic heterocycles. The molecule has 1 aliphatic rings. The topological polar surface area (TPSA) is 98.8 Å². The van der Waals surface area contributed by atoms with Crippen molar-refractivity contribution in [2.75, 3.05) is 5.32 Å². The second-order valence-electron chi connectivity index (χ2n) is 5.80. The highest BCUT2D eigenvalue weighted by molar-refractivity contribution is 6.30. The molecule has 0 saturated heterocycles. The zero-order chi connectivity index (χ0) is 17.4. The van der Waals surface area contributed by atoms with Crippen molar-refractivity contribution in [2.45, 2.75) is 18.5 Å². The molecule has 9 heteroatoms. The second-order valence-corrected chi connectivity index (χ2v) is 6.24. The van der Waals surface area contributed by atoms with Gasteiger partial charge in [0.1, 0.15) is 0 Å². The van der Waals surface area contributed by atoms with E-state index in [1.807, 2.05) is 30.3 Å². The van der Waals surface area contributed by atoms with Crippen LogP contribution in [0.2, 0.25) is 5.02 Å². The van der Waals surface area contributed by atoms with Crippen molar-refractivity contribution in [1.82, 2.24) is 20.2 Å². The predicted octanol–water partition coefficient (Wildman–Crippen LogP) is 3.38. The Morgan fingerprint density at radius 2 is 2.00 bits per heavy atom. The van der Waals surface area contributed by atoms with E-state index in [9.17, 15) is 10.1 Å². The summed E-state index contributed by atoms with van der Waals surface area (Å²) < 4.78 is 1.66. The van der Waals surface area contributed by atoms with Gasteiger partial charge in [-0.25, -0.2) is 4.68 Å².